The summed E-state index contributed by atoms with van der Waals surface area (Å²) in [7, 11) is 1.63. The average Bonchev–Trinajstić information content (AvgIpc) is 3.38. The fourth-order valence-corrected chi connectivity index (χ4v) is 3.39. The SMILES string of the molecule is COc1cccc(-c2csc(C(C#N)=CNc3ccc4c(c3)OCO4)n2)c1. The molecule has 0 amide bonds. The Hall–Kier alpha value is -3.50. The van der Waals surface area contributed by atoms with Crippen molar-refractivity contribution >= 4 is 22.6 Å². The summed E-state index contributed by atoms with van der Waals surface area (Å²) in [6.07, 6.45) is 1.64. The van der Waals surface area contributed by atoms with Gasteiger partial charge in [-0.2, -0.15) is 5.26 Å². The molecule has 1 N–H and O–H groups in total. The van der Waals surface area contributed by atoms with Gasteiger partial charge in [-0.25, -0.2) is 4.98 Å². The van der Waals surface area contributed by atoms with Gasteiger partial charge in [0.1, 0.15) is 22.4 Å². The third-order valence-corrected chi connectivity index (χ3v) is 4.85. The maximum Gasteiger partial charge on any atom is 0.231 e. The topological polar surface area (TPSA) is 76.4 Å². The molecule has 0 fully saturated rings. The Labute approximate surface area is 160 Å². The van der Waals surface area contributed by atoms with Crippen LogP contribution < -0.4 is 19.5 Å². The van der Waals surface area contributed by atoms with Crippen molar-refractivity contribution < 1.29 is 14.2 Å². The molecule has 1 aliphatic heterocycles. The third kappa shape index (κ3) is 3.57. The number of benzene rings is 2. The molecule has 3 aromatic rings. The summed E-state index contributed by atoms with van der Waals surface area (Å²) < 4.78 is 15.9. The number of aromatic nitrogens is 1. The smallest absolute Gasteiger partial charge is 0.231 e. The van der Waals surface area contributed by atoms with E-state index in [2.05, 4.69) is 16.4 Å². The standard InChI is InChI=1S/C20H15N3O3S/c1-24-16-4-2-3-13(7-16)17-11-27-20(23-17)14(9-21)10-22-15-5-6-18-19(8-15)26-12-25-18/h2-8,10-11,22H,12H2,1H3. The normalized spacial score (nSPS) is 12.5. The molecule has 0 saturated carbocycles. The summed E-state index contributed by atoms with van der Waals surface area (Å²) in [6.45, 7) is 0.226. The second-order valence-corrected chi connectivity index (χ2v) is 6.51. The van der Waals surface area contributed by atoms with E-state index in [1.54, 1.807) is 13.3 Å². The van der Waals surface area contributed by atoms with E-state index in [1.807, 2.05) is 47.8 Å². The first-order chi connectivity index (χ1) is 13.3. The lowest BCUT2D eigenvalue weighted by molar-refractivity contribution is 0.174. The molecule has 0 unspecified atom stereocenters. The molecule has 0 spiro atoms. The van der Waals surface area contributed by atoms with E-state index in [1.165, 1.54) is 11.3 Å². The highest BCUT2D eigenvalue weighted by Gasteiger charge is 2.13. The Morgan fingerprint density at radius 3 is 3.00 bits per heavy atom. The third-order valence-electron chi connectivity index (χ3n) is 3.98. The van der Waals surface area contributed by atoms with Crippen molar-refractivity contribution in [2.45, 2.75) is 0 Å². The second kappa shape index (κ2) is 7.40. The van der Waals surface area contributed by atoms with Crippen LogP contribution >= 0.6 is 11.3 Å². The van der Waals surface area contributed by atoms with Crippen LogP contribution in [0, 0.1) is 11.3 Å². The predicted octanol–water partition coefficient (Wildman–Crippen LogP) is 4.52. The van der Waals surface area contributed by atoms with E-state index < -0.39 is 0 Å². The average molecular weight is 377 g/mol. The molecule has 2 heterocycles. The van der Waals surface area contributed by atoms with Gasteiger partial charge in [0.15, 0.2) is 11.5 Å². The Morgan fingerprint density at radius 2 is 2.15 bits per heavy atom. The zero-order valence-corrected chi connectivity index (χ0v) is 15.2. The van der Waals surface area contributed by atoms with Gasteiger partial charge in [0, 0.05) is 28.9 Å². The molecule has 0 aliphatic carbocycles. The highest BCUT2D eigenvalue weighted by Crippen LogP contribution is 2.34. The van der Waals surface area contributed by atoms with E-state index in [4.69, 9.17) is 14.2 Å². The molecule has 4 rings (SSSR count). The Kier molecular flexibility index (Phi) is 4.64. The first kappa shape index (κ1) is 16.9. The molecule has 0 saturated heterocycles. The molecule has 0 bridgehead atoms. The fourth-order valence-electron chi connectivity index (χ4n) is 2.60. The molecule has 1 aliphatic rings. The van der Waals surface area contributed by atoms with Crippen LogP contribution in [-0.4, -0.2) is 18.9 Å². The summed E-state index contributed by atoms with van der Waals surface area (Å²) in [5, 5.41) is 15.2. The number of methoxy groups -OCH3 is 1. The van der Waals surface area contributed by atoms with E-state index in [9.17, 15) is 5.26 Å². The van der Waals surface area contributed by atoms with Crippen LogP contribution in [0.25, 0.3) is 16.8 Å². The van der Waals surface area contributed by atoms with Gasteiger partial charge in [-0.05, 0) is 24.3 Å². The number of allylic oxidation sites excluding steroid dienone is 1. The monoisotopic (exact) mass is 377 g/mol. The lowest BCUT2D eigenvalue weighted by Gasteiger charge is -2.03. The highest BCUT2D eigenvalue weighted by molar-refractivity contribution is 7.11. The Bertz CT molecular complexity index is 1050. The van der Waals surface area contributed by atoms with Crippen molar-refractivity contribution in [1.82, 2.24) is 4.98 Å². The largest absolute Gasteiger partial charge is 0.497 e. The minimum Gasteiger partial charge on any atom is -0.497 e. The number of ether oxygens (including phenoxy) is 3. The molecule has 1 aromatic heterocycles. The van der Waals surface area contributed by atoms with E-state index >= 15 is 0 Å². The van der Waals surface area contributed by atoms with E-state index in [0.717, 1.165) is 22.7 Å². The molecular weight excluding hydrogens is 362 g/mol. The van der Waals surface area contributed by atoms with Crippen LogP contribution in [0.2, 0.25) is 0 Å². The molecular formula is C20H15N3O3S. The summed E-state index contributed by atoms with van der Waals surface area (Å²) in [4.78, 5) is 4.58. The zero-order valence-electron chi connectivity index (χ0n) is 14.4. The van der Waals surface area contributed by atoms with Gasteiger partial charge in [0.2, 0.25) is 6.79 Å². The zero-order chi connectivity index (χ0) is 18.6. The van der Waals surface area contributed by atoms with Crippen LogP contribution in [0.4, 0.5) is 5.69 Å². The van der Waals surface area contributed by atoms with Gasteiger partial charge in [-0.3, -0.25) is 0 Å². The molecule has 0 atom stereocenters. The van der Waals surface area contributed by atoms with Crippen LogP contribution in [-0.2, 0) is 0 Å². The number of hydrogen-bond acceptors (Lipinski definition) is 7. The maximum absolute atomic E-state index is 9.52. The number of anilines is 1. The first-order valence-corrected chi connectivity index (χ1v) is 9.01. The van der Waals surface area contributed by atoms with Crippen LogP contribution in [0.3, 0.4) is 0 Å². The van der Waals surface area contributed by atoms with E-state index in [-0.39, 0.29) is 6.79 Å². The van der Waals surface area contributed by atoms with Crippen molar-refractivity contribution in [2.75, 3.05) is 19.2 Å². The van der Waals surface area contributed by atoms with Gasteiger partial charge in [-0.1, -0.05) is 12.1 Å². The minimum atomic E-state index is 0.226. The lowest BCUT2D eigenvalue weighted by atomic mass is 10.1. The molecule has 7 heteroatoms. The highest BCUT2D eigenvalue weighted by atomic mass is 32.1. The van der Waals surface area contributed by atoms with E-state index in [0.29, 0.717) is 22.1 Å². The van der Waals surface area contributed by atoms with Gasteiger partial charge in [-0.15, -0.1) is 11.3 Å². The summed E-state index contributed by atoms with van der Waals surface area (Å²) in [6, 6.07) is 15.4. The van der Waals surface area contributed by atoms with Crippen LogP contribution in [0.15, 0.2) is 54.0 Å². The molecule has 134 valence electrons. The van der Waals surface area contributed by atoms with Crippen LogP contribution in [0.5, 0.6) is 17.2 Å². The Morgan fingerprint density at radius 1 is 1.26 bits per heavy atom. The van der Waals surface area contributed by atoms with Gasteiger partial charge in [0.25, 0.3) is 0 Å². The number of fused-ring (bicyclic) bond motifs is 1. The molecule has 27 heavy (non-hydrogen) atoms. The van der Waals surface area contributed by atoms with Crippen molar-refractivity contribution in [3.05, 3.63) is 59.1 Å². The van der Waals surface area contributed by atoms with Crippen molar-refractivity contribution in [1.29, 1.82) is 5.26 Å². The number of rotatable bonds is 5. The predicted molar refractivity (Wildman–Crippen MR) is 104 cm³/mol. The van der Waals surface area contributed by atoms with Crippen LogP contribution in [0.1, 0.15) is 5.01 Å². The minimum absolute atomic E-state index is 0.226. The molecule has 6 nitrogen and oxygen atoms in total. The fraction of sp³-hybridized carbons (Fsp3) is 0.100. The number of thiazole rings is 1. The van der Waals surface area contributed by atoms with Crippen molar-refractivity contribution in [2.24, 2.45) is 0 Å². The van der Waals surface area contributed by atoms with Gasteiger partial charge < -0.3 is 19.5 Å². The maximum atomic E-state index is 9.52. The summed E-state index contributed by atoms with van der Waals surface area (Å²) in [5.41, 5.74) is 3.00. The van der Waals surface area contributed by atoms with Crippen molar-refractivity contribution in [3.8, 4) is 34.6 Å². The van der Waals surface area contributed by atoms with Gasteiger partial charge >= 0.3 is 0 Å². The first-order valence-electron chi connectivity index (χ1n) is 8.13. The summed E-state index contributed by atoms with van der Waals surface area (Å²) in [5.74, 6) is 2.16. The second-order valence-electron chi connectivity index (χ2n) is 5.65. The number of nitrogens with one attached hydrogen (secondary N) is 1. The van der Waals surface area contributed by atoms with Gasteiger partial charge in [0.05, 0.1) is 12.8 Å². The lowest BCUT2D eigenvalue weighted by Crippen LogP contribution is -1.93. The number of nitriles is 1. The molecule has 2 aromatic carbocycles. The number of nitrogens with zero attached hydrogens (tertiary/aromatic N) is 2. The van der Waals surface area contributed by atoms with Crippen molar-refractivity contribution in [3.63, 3.8) is 0 Å². The summed E-state index contributed by atoms with van der Waals surface area (Å²) >= 11 is 1.42. The Balaban J connectivity index is 1.55. The number of hydrogen-bond donors (Lipinski definition) is 1. The molecule has 0 radical (unpaired) electrons. The quantitative estimate of drug-likeness (QED) is 0.659.